The summed E-state index contributed by atoms with van der Waals surface area (Å²) in [5, 5.41) is 4.59. The third kappa shape index (κ3) is 3.37. The van der Waals surface area contributed by atoms with Crippen molar-refractivity contribution in [3.63, 3.8) is 0 Å². The molecular weight excluding hydrogens is 340 g/mol. The number of anilines is 2. The Kier molecular flexibility index (Phi) is 4.30. The summed E-state index contributed by atoms with van der Waals surface area (Å²) in [4.78, 5) is 24.1. The molecule has 0 aliphatic rings. The second-order valence-electron chi connectivity index (χ2n) is 6.24. The van der Waals surface area contributed by atoms with Gasteiger partial charge in [-0.1, -0.05) is 12.1 Å². The lowest BCUT2D eigenvalue weighted by Crippen LogP contribution is -2.09. The Labute approximate surface area is 155 Å². The van der Waals surface area contributed by atoms with Crippen molar-refractivity contribution in [3.8, 4) is 17.0 Å². The third-order valence-corrected chi connectivity index (χ3v) is 4.28. The van der Waals surface area contributed by atoms with E-state index in [0.29, 0.717) is 22.6 Å². The fraction of sp³-hybridized carbons (Fsp3) is 0.0952. The number of aromatic amines is 1. The molecule has 0 saturated heterocycles. The standard InChI is InChI=1S/C21H18N4O2/c1-13-4-3-5-16(8-13)24-20-19-14(6-7-23-21(19)26)10-18(25-20)15-9-17(27-2)12-22-11-15/h3-12H,1-2H3,(H,23,26)(H,24,25). The van der Waals surface area contributed by atoms with Gasteiger partial charge in [0.2, 0.25) is 0 Å². The molecule has 6 heteroatoms. The molecule has 1 aromatic carbocycles. The number of aromatic nitrogens is 3. The van der Waals surface area contributed by atoms with Gasteiger partial charge in [0.25, 0.3) is 5.56 Å². The van der Waals surface area contributed by atoms with Gasteiger partial charge in [-0.3, -0.25) is 9.78 Å². The smallest absolute Gasteiger partial charge is 0.259 e. The zero-order valence-electron chi connectivity index (χ0n) is 15.0. The maximum atomic E-state index is 12.4. The summed E-state index contributed by atoms with van der Waals surface area (Å²) in [6.07, 6.45) is 5.00. The molecule has 2 N–H and O–H groups in total. The number of H-pyrrole nitrogens is 1. The van der Waals surface area contributed by atoms with Crippen LogP contribution in [0.5, 0.6) is 5.75 Å². The molecule has 134 valence electrons. The first kappa shape index (κ1) is 16.8. The third-order valence-electron chi connectivity index (χ3n) is 4.28. The zero-order valence-corrected chi connectivity index (χ0v) is 15.0. The molecule has 3 heterocycles. The maximum Gasteiger partial charge on any atom is 0.259 e. The van der Waals surface area contributed by atoms with Crippen molar-refractivity contribution >= 4 is 22.3 Å². The Hall–Kier alpha value is -3.67. The van der Waals surface area contributed by atoms with E-state index in [1.807, 2.05) is 49.4 Å². The van der Waals surface area contributed by atoms with Crippen LogP contribution < -0.4 is 15.6 Å². The second-order valence-corrected chi connectivity index (χ2v) is 6.24. The molecule has 6 nitrogen and oxygen atoms in total. The van der Waals surface area contributed by atoms with E-state index in [2.05, 4.69) is 15.3 Å². The van der Waals surface area contributed by atoms with Gasteiger partial charge in [0.1, 0.15) is 11.6 Å². The van der Waals surface area contributed by atoms with Gasteiger partial charge >= 0.3 is 0 Å². The van der Waals surface area contributed by atoms with Gasteiger partial charge in [0, 0.05) is 23.6 Å². The summed E-state index contributed by atoms with van der Waals surface area (Å²) in [7, 11) is 1.60. The maximum absolute atomic E-state index is 12.4. The minimum Gasteiger partial charge on any atom is -0.495 e. The van der Waals surface area contributed by atoms with Gasteiger partial charge in [-0.25, -0.2) is 4.98 Å². The van der Waals surface area contributed by atoms with Crippen molar-refractivity contribution < 1.29 is 4.74 Å². The number of fused-ring (bicyclic) bond motifs is 1. The number of pyridine rings is 3. The normalized spacial score (nSPS) is 10.7. The first-order valence-corrected chi connectivity index (χ1v) is 8.49. The predicted octanol–water partition coefficient (Wildman–Crippen LogP) is 4.05. The van der Waals surface area contributed by atoms with Crippen molar-refractivity contribution in [2.24, 2.45) is 0 Å². The molecule has 0 bridgehead atoms. The SMILES string of the molecule is COc1cncc(-c2cc3cc[nH]c(=O)c3c(Nc3cccc(C)c3)n2)c1. The summed E-state index contributed by atoms with van der Waals surface area (Å²) >= 11 is 0. The summed E-state index contributed by atoms with van der Waals surface area (Å²) < 4.78 is 5.26. The minimum absolute atomic E-state index is 0.189. The summed E-state index contributed by atoms with van der Waals surface area (Å²) in [6, 6.07) is 13.5. The van der Waals surface area contributed by atoms with Crippen molar-refractivity contribution in [1.29, 1.82) is 0 Å². The van der Waals surface area contributed by atoms with Crippen LogP contribution in [0, 0.1) is 6.92 Å². The molecule has 0 fully saturated rings. The van der Waals surface area contributed by atoms with Crippen LogP contribution in [0.3, 0.4) is 0 Å². The number of nitrogens with zero attached hydrogens (tertiary/aromatic N) is 2. The van der Waals surface area contributed by atoms with Crippen LogP contribution in [0.1, 0.15) is 5.56 Å². The highest BCUT2D eigenvalue weighted by atomic mass is 16.5. The van der Waals surface area contributed by atoms with E-state index in [-0.39, 0.29) is 5.56 Å². The average Bonchev–Trinajstić information content (AvgIpc) is 2.68. The monoisotopic (exact) mass is 358 g/mol. The first-order valence-electron chi connectivity index (χ1n) is 8.49. The molecule has 4 aromatic rings. The Morgan fingerprint density at radius 2 is 2.00 bits per heavy atom. The Morgan fingerprint density at radius 3 is 2.81 bits per heavy atom. The van der Waals surface area contributed by atoms with Gasteiger partial charge in [-0.15, -0.1) is 0 Å². The van der Waals surface area contributed by atoms with Crippen LogP contribution in [0.25, 0.3) is 22.0 Å². The summed E-state index contributed by atoms with van der Waals surface area (Å²) in [6.45, 7) is 2.02. The first-order chi connectivity index (χ1) is 13.1. The Bertz CT molecular complexity index is 1180. The van der Waals surface area contributed by atoms with Crippen LogP contribution in [-0.2, 0) is 0 Å². The van der Waals surface area contributed by atoms with Crippen molar-refractivity contribution in [2.45, 2.75) is 6.92 Å². The van der Waals surface area contributed by atoms with E-state index in [0.717, 1.165) is 22.2 Å². The number of hydrogen-bond acceptors (Lipinski definition) is 5. The second kappa shape index (κ2) is 6.92. The number of hydrogen-bond donors (Lipinski definition) is 2. The van der Waals surface area contributed by atoms with Crippen LogP contribution in [0.4, 0.5) is 11.5 Å². The van der Waals surface area contributed by atoms with Crippen LogP contribution in [-0.4, -0.2) is 22.1 Å². The minimum atomic E-state index is -0.189. The molecule has 0 aliphatic heterocycles. The molecule has 0 amide bonds. The molecular formula is C21H18N4O2. The Balaban J connectivity index is 1.91. The largest absolute Gasteiger partial charge is 0.495 e. The summed E-state index contributed by atoms with van der Waals surface area (Å²) in [5.41, 5.74) is 3.31. The van der Waals surface area contributed by atoms with Gasteiger partial charge in [0.05, 0.1) is 24.4 Å². The number of rotatable bonds is 4. The lowest BCUT2D eigenvalue weighted by molar-refractivity contribution is 0.413. The zero-order chi connectivity index (χ0) is 18.8. The fourth-order valence-electron chi connectivity index (χ4n) is 2.98. The molecule has 27 heavy (non-hydrogen) atoms. The lowest BCUT2D eigenvalue weighted by Gasteiger charge is -2.12. The quantitative estimate of drug-likeness (QED) is 0.575. The van der Waals surface area contributed by atoms with Crippen molar-refractivity contribution in [2.75, 3.05) is 12.4 Å². The Morgan fingerprint density at radius 1 is 1.11 bits per heavy atom. The van der Waals surface area contributed by atoms with Gasteiger partial charge in [-0.2, -0.15) is 0 Å². The number of benzene rings is 1. The molecule has 0 radical (unpaired) electrons. The van der Waals surface area contributed by atoms with Gasteiger partial charge < -0.3 is 15.0 Å². The molecule has 3 aromatic heterocycles. The highest BCUT2D eigenvalue weighted by Crippen LogP contribution is 2.29. The van der Waals surface area contributed by atoms with Crippen LogP contribution in [0.2, 0.25) is 0 Å². The van der Waals surface area contributed by atoms with Crippen LogP contribution >= 0.6 is 0 Å². The predicted molar refractivity (Wildman–Crippen MR) is 107 cm³/mol. The number of ether oxygens (including phenoxy) is 1. The molecule has 0 aliphatic carbocycles. The van der Waals surface area contributed by atoms with Crippen LogP contribution in [0.15, 0.2) is 65.8 Å². The van der Waals surface area contributed by atoms with E-state index in [4.69, 9.17) is 9.72 Å². The van der Waals surface area contributed by atoms with Crippen molar-refractivity contribution in [3.05, 3.63) is 77.0 Å². The molecule has 0 saturated carbocycles. The average molecular weight is 358 g/mol. The molecule has 0 spiro atoms. The van der Waals surface area contributed by atoms with E-state index in [1.54, 1.807) is 25.7 Å². The highest BCUT2D eigenvalue weighted by molar-refractivity contribution is 5.95. The van der Waals surface area contributed by atoms with E-state index < -0.39 is 0 Å². The molecule has 4 rings (SSSR count). The fourth-order valence-corrected chi connectivity index (χ4v) is 2.98. The van der Waals surface area contributed by atoms with Gasteiger partial charge in [-0.05, 0) is 48.2 Å². The topological polar surface area (TPSA) is 79.9 Å². The van der Waals surface area contributed by atoms with E-state index >= 15 is 0 Å². The molecule has 0 atom stereocenters. The van der Waals surface area contributed by atoms with Crippen molar-refractivity contribution in [1.82, 2.24) is 15.0 Å². The number of aryl methyl sites for hydroxylation is 1. The lowest BCUT2D eigenvalue weighted by atomic mass is 10.1. The number of methoxy groups -OCH3 is 1. The summed E-state index contributed by atoms with van der Waals surface area (Å²) in [5.74, 6) is 1.14. The van der Waals surface area contributed by atoms with Gasteiger partial charge in [0.15, 0.2) is 0 Å². The van der Waals surface area contributed by atoms with E-state index in [9.17, 15) is 4.79 Å². The highest BCUT2D eigenvalue weighted by Gasteiger charge is 2.12. The molecule has 0 unspecified atom stereocenters. The number of nitrogens with one attached hydrogen (secondary N) is 2. The van der Waals surface area contributed by atoms with E-state index in [1.165, 1.54) is 0 Å².